The van der Waals surface area contributed by atoms with E-state index >= 15 is 0 Å². The number of unbranched alkanes of at least 4 members (excludes halogenated alkanes) is 5. The van der Waals surface area contributed by atoms with Gasteiger partial charge in [-0.2, -0.15) is 0 Å². The molecular weight excluding hydrogens is 372 g/mol. The molecule has 2 N–H and O–H groups in total. The van der Waals surface area contributed by atoms with Gasteiger partial charge in [0.2, 0.25) is 16.9 Å². The average molecular weight is 403 g/mol. The molecule has 1 aromatic carbocycles. The van der Waals surface area contributed by atoms with Gasteiger partial charge in [0.25, 0.3) is 0 Å². The number of rotatable bonds is 12. The molecule has 152 valence electrons. The Balaban J connectivity index is 1.62. The van der Waals surface area contributed by atoms with Crippen molar-refractivity contribution in [1.82, 2.24) is 15.5 Å². The van der Waals surface area contributed by atoms with E-state index in [-0.39, 0.29) is 18.2 Å². The molecule has 0 aliphatic rings. The minimum atomic E-state index is -0.175. The highest BCUT2D eigenvalue weighted by atomic mass is 32.1. The van der Waals surface area contributed by atoms with Crippen LogP contribution in [-0.2, 0) is 9.59 Å². The molecule has 0 unspecified atom stereocenters. The first-order valence-electron chi connectivity index (χ1n) is 10.1. The topological polar surface area (TPSA) is 84.0 Å². The van der Waals surface area contributed by atoms with Crippen LogP contribution in [0.4, 0.5) is 5.13 Å². The van der Waals surface area contributed by atoms with Crippen LogP contribution in [-0.4, -0.2) is 28.6 Å². The van der Waals surface area contributed by atoms with Gasteiger partial charge in [0.1, 0.15) is 5.01 Å². The number of benzene rings is 1. The summed E-state index contributed by atoms with van der Waals surface area (Å²) >= 11 is 1.34. The third-order valence-corrected chi connectivity index (χ3v) is 5.29. The smallest absolute Gasteiger partial charge is 0.227 e. The normalized spacial score (nSPS) is 10.6. The first-order valence-corrected chi connectivity index (χ1v) is 10.9. The summed E-state index contributed by atoms with van der Waals surface area (Å²) in [4.78, 5) is 23.8. The van der Waals surface area contributed by atoms with Crippen molar-refractivity contribution < 1.29 is 9.59 Å². The van der Waals surface area contributed by atoms with Gasteiger partial charge in [-0.3, -0.25) is 9.59 Å². The maximum atomic E-state index is 12.0. The lowest BCUT2D eigenvalue weighted by Gasteiger charge is -2.05. The van der Waals surface area contributed by atoms with Crippen molar-refractivity contribution in [3.8, 4) is 10.6 Å². The van der Waals surface area contributed by atoms with E-state index in [1.54, 1.807) is 0 Å². The van der Waals surface area contributed by atoms with E-state index in [0.717, 1.165) is 23.4 Å². The van der Waals surface area contributed by atoms with Gasteiger partial charge in [0, 0.05) is 24.9 Å². The van der Waals surface area contributed by atoms with E-state index in [9.17, 15) is 9.59 Å². The fourth-order valence-corrected chi connectivity index (χ4v) is 3.50. The van der Waals surface area contributed by atoms with E-state index in [1.165, 1.54) is 42.6 Å². The minimum absolute atomic E-state index is 0.0147. The summed E-state index contributed by atoms with van der Waals surface area (Å²) in [6.07, 6.45) is 7.69. The standard InChI is InChI=1S/C21H30N4O2S/c1-3-4-5-6-7-8-9-18(26)22-15-14-19(27)23-21-25-24-20(28-21)17-12-10-16(2)11-13-17/h10-13H,3-9,14-15H2,1-2H3,(H,22,26)(H,23,25,27). The van der Waals surface area contributed by atoms with Crippen molar-refractivity contribution in [2.24, 2.45) is 0 Å². The van der Waals surface area contributed by atoms with Gasteiger partial charge in [-0.15, -0.1) is 10.2 Å². The number of amides is 2. The molecule has 0 bridgehead atoms. The van der Waals surface area contributed by atoms with Gasteiger partial charge in [0.05, 0.1) is 0 Å². The van der Waals surface area contributed by atoms with Crippen molar-refractivity contribution in [3.05, 3.63) is 29.8 Å². The molecule has 0 radical (unpaired) electrons. The predicted molar refractivity (Wildman–Crippen MR) is 114 cm³/mol. The Morgan fingerprint density at radius 3 is 2.39 bits per heavy atom. The van der Waals surface area contributed by atoms with Crippen molar-refractivity contribution in [3.63, 3.8) is 0 Å². The number of carbonyl (C=O) groups excluding carboxylic acids is 2. The van der Waals surface area contributed by atoms with Crippen LogP contribution >= 0.6 is 11.3 Å². The third-order valence-electron chi connectivity index (χ3n) is 4.40. The highest BCUT2D eigenvalue weighted by molar-refractivity contribution is 7.18. The summed E-state index contributed by atoms with van der Waals surface area (Å²) in [5.41, 5.74) is 2.16. The van der Waals surface area contributed by atoms with Crippen LogP contribution in [0.15, 0.2) is 24.3 Å². The Hall–Kier alpha value is -2.28. The van der Waals surface area contributed by atoms with E-state index in [0.29, 0.717) is 18.1 Å². The van der Waals surface area contributed by atoms with Crippen LogP contribution in [0.1, 0.15) is 63.9 Å². The predicted octanol–water partition coefficient (Wildman–Crippen LogP) is 4.71. The van der Waals surface area contributed by atoms with Gasteiger partial charge in [-0.25, -0.2) is 0 Å². The molecule has 0 aliphatic heterocycles. The quantitative estimate of drug-likeness (QED) is 0.504. The van der Waals surface area contributed by atoms with Gasteiger partial charge >= 0.3 is 0 Å². The largest absolute Gasteiger partial charge is 0.356 e. The van der Waals surface area contributed by atoms with Crippen molar-refractivity contribution >= 4 is 28.3 Å². The maximum Gasteiger partial charge on any atom is 0.227 e. The fraction of sp³-hybridized carbons (Fsp3) is 0.524. The molecule has 28 heavy (non-hydrogen) atoms. The molecule has 0 fully saturated rings. The van der Waals surface area contributed by atoms with Gasteiger partial charge in [-0.1, -0.05) is 80.2 Å². The van der Waals surface area contributed by atoms with E-state index in [2.05, 4.69) is 27.8 Å². The fourth-order valence-electron chi connectivity index (χ4n) is 2.74. The number of anilines is 1. The number of aromatic nitrogens is 2. The highest BCUT2D eigenvalue weighted by Crippen LogP contribution is 2.26. The third kappa shape index (κ3) is 8.17. The number of aryl methyl sites for hydroxylation is 1. The maximum absolute atomic E-state index is 12.0. The molecule has 6 nitrogen and oxygen atoms in total. The molecule has 7 heteroatoms. The molecular formula is C21H30N4O2S. The summed E-state index contributed by atoms with van der Waals surface area (Å²) < 4.78 is 0. The molecule has 2 amide bonds. The van der Waals surface area contributed by atoms with Gasteiger partial charge in [-0.05, 0) is 13.3 Å². The summed E-state index contributed by atoms with van der Waals surface area (Å²) in [5, 5.41) is 14.9. The molecule has 0 aliphatic carbocycles. The van der Waals surface area contributed by atoms with Gasteiger partial charge < -0.3 is 10.6 Å². The zero-order valence-corrected chi connectivity index (χ0v) is 17.6. The van der Waals surface area contributed by atoms with E-state index < -0.39 is 0 Å². The number of nitrogens with one attached hydrogen (secondary N) is 2. The van der Waals surface area contributed by atoms with Crippen molar-refractivity contribution in [2.45, 2.75) is 65.2 Å². The Morgan fingerprint density at radius 1 is 0.929 bits per heavy atom. The SMILES string of the molecule is CCCCCCCCC(=O)NCCC(=O)Nc1nnc(-c2ccc(C)cc2)s1. The summed E-state index contributed by atoms with van der Waals surface area (Å²) in [6, 6.07) is 8.01. The number of nitrogens with zero attached hydrogens (tertiary/aromatic N) is 2. The van der Waals surface area contributed by atoms with Crippen LogP contribution in [0, 0.1) is 6.92 Å². The Labute approximate surface area is 171 Å². The summed E-state index contributed by atoms with van der Waals surface area (Å²) in [6.45, 7) is 4.56. The van der Waals surface area contributed by atoms with Crippen LogP contribution in [0.3, 0.4) is 0 Å². The lowest BCUT2D eigenvalue weighted by molar-refractivity contribution is -0.121. The first-order chi connectivity index (χ1) is 13.6. The molecule has 1 aromatic heterocycles. The summed E-state index contributed by atoms with van der Waals surface area (Å²) in [5.74, 6) is -0.160. The first kappa shape index (κ1) is 22.0. The van der Waals surface area contributed by atoms with Crippen LogP contribution < -0.4 is 10.6 Å². The molecule has 2 aromatic rings. The molecule has 0 spiro atoms. The average Bonchev–Trinajstić information content (AvgIpc) is 3.13. The minimum Gasteiger partial charge on any atom is -0.356 e. The number of carbonyl (C=O) groups is 2. The Bertz CT molecular complexity index is 743. The summed E-state index contributed by atoms with van der Waals surface area (Å²) in [7, 11) is 0. The highest BCUT2D eigenvalue weighted by Gasteiger charge is 2.10. The lowest BCUT2D eigenvalue weighted by Crippen LogP contribution is -2.27. The second-order valence-corrected chi connectivity index (χ2v) is 7.92. The number of hydrogen-bond donors (Lipinski definition) is 2. The lowest BCUT2D eigenvalue weighted by atomic mass is 10.1. The van der Waals surface area contributed by atoms with Crippen molar-refractivity contribution in [2.75, 3.05) is 11.9 Å². The van der Waals surface area contributed by atoms with Gasteiger partial charge in [0.15, 0.2) is 0 Å². The van der Waals surface area contributed by atoms with E-state index in [4.69, 9.17) is 0 Å². The molecule has 2 rings (SSSR count). The Kier molecular flexibility index (Phi) is 9.62. The zero-order chi connectivity index (χ0) is 20.2. The van der Waals surface area contributed by atoms with Crippen molar-refractivity contribution in [1.29, 1.82) is 0 Å². The van der Waals surface area contributed by atoms with Crippen LogP contribution in [0.25, 0.3) is 10.6 Å². The second-order valence-electron chi connectivity index (χ2n) is 6.94. The van der Waals surface area contributed by atoms with Crippen LogP contribution in [0.2, 0.25) is 0 Å². The van der Waals surface area contributed by atoms with Crippen LogP contribution in [0.5, 0.6) is 0 Å². The molecule has 0 atom stereocenters. The monoisotopic (exact) mass is 402 g/mol. The molecule has 1 heterocycles. The number of hydrogen-bond acceptors (Lipinski definition) is 5. The zero-order valence-electron chi connectivity index (χ0n) is 16.8. The Morgan fingerprint density at radius 2 is 1.64 bits per heavy atom. The molecule has 0 saturated heterocycles. The molecule has 0 saturated carbocycles. The van der Waals surface area contributed by atoms with E-state index in [1.807, 2.05) is 31.2 Å². The second kappa shape index (κ2) is 12.2.